The fourth-order valence-electron chi connectivity index (χ4n) is 2.15. The van der Waals surface area contributed by atoms with E-state index in [-0.39, 0.29) is 0 Å². The van der Waals surface area contributed by atoms with Crippen molar-refractivity contribution in [3.8, 4) is 21.7 Å². The van der Waals surface area contributed by atoms with Crippen LogP contribution in [0.4, 0.5) is 4.39 Å². The van der Waals surface area contributed by atoms with Crippen molar-refractivity contribution in [3.05, 3.63) is 59.1 Å². The molecule has 0 fully saturated rings. The first-order valence-electron chi connectivity index (χ1n) is 6.30. The lowest BCUT2D eigenvalue weighted by Gasteiger charge is -2.04. The van der Waals surface area contributed by atoms with Gasteiger partial charge in [-0.15, -0.1) is 11.3 Å². The molecule has 0 atom stereocenters. The van der Waals surface area contributed by atoms with E-state index in [0.29, 0.717) is 0 Å². The summed E-state index contributed by atoms with van der Waals surface area (Å²) < 4.78 is 13.3. The summed E-state index contributed by atoms with van der Waals surface area (Å²) in [7, 11) is 0. The van der Waals surface area contributed by atoms with Crippen molar-refractivity contribution in [2.45, 2.75) is 13.8 Å². The van der Waals surface area contributed by atoms with Crippen molar-refractivity contribution in [2.75, 3.05) is 0 Å². The molecule has 100 valence electrons. The monoisotopic (exact) mass is 284 g/mol. The molecule has 3 aromatic rings. The summed E-state index contributed by atoms with van der Waals surface area (Å²) in [4.78, 5) is 9.19. The Morgan fingerprint density at radius 1 is 1.05 bits per heavy atom. The zero-order chi connectivity index (χ0) is 14.1. The third kappa shape index (κ3) is 2.47. The predicted molar refractivity (Wildman–Crippen MR) is 80.2 cm³/mol. The Morgan fingerprint density at radius 2 is 1.90 bits per heavy atom. The fourth-order valence-corrected chi connectivity index (χ4v) is 3.09. The quantitative estimate of drug-likeness (QED) is 0.641. The van der Waals surface area contributed by atoms with Crippen LogP contribution in [0.25, 0.3) is 21.7 Å². The largest absolute Gasteiger partial charge is 0.241 e. The molecule has 0 aliphatic heterocycles. The first-order chi connectivity index (χ1) is 9.63. The van der Waals surface area contributed by atoms with Crippen LogP contribution in [0.5, 0.6) is 0 Å². The third-order valence-corrected chi connectivity index (χ3v) is 4.03. The lowest BCUT2D eigenvalue weighted by atomic mass is 10.1. The molecular formula is C16H13FN2S. The van der Waals surface area contributed by atoms with Crippen LogP contribution in [0.1, 0.15) is 10.6 Å². The minimum Gasteiger partial charge on any atom is -0.241 e. The predicted octanol–water partition coefficient (Wildman–Crippen LogP) is 4.63. The van der Waals surface area contributed by atoms with Gasteiger partial charge in [0.15, 0.2) is 0 Å². The number of pyridine rings is 1. The number of thiazole rings is 1. The lowest BCUT2D eigenvalue weighted by Crippen LogP contribution is -1.86. The molecule has 20 heavy (non-hydrogen) atoms. The highest BCUT2D eigenvalue weighted by Gasteiger charge is 2.14. The van der Waals surface area contributed by atoms with Gasteiger partial charge in [-0.2, -0.15) is 4.39 Å². The van der Waals surface area contributed by atoms with Gasteiger partial charge in [0.25, 0.3) is 0 Å². The number of rotatable bonds is 2. The van der Waals surface area contributed by atoms with E-state index in [9.17, 15) is 4.39 Å². The van der Waals surface area contributed by atoms with Gasteiger partial charge in [-0.3, -0.25) is 0 Å². The molecule has 3 rings (SSSR count). The fraction of sp³-hybridized carbons (Fsp3) is 0.125. The maximum Gasteiger partial charge on any atom is 0.213 e. The molecule has 1 aromatic carbocycles. The van der Waals surface area contributed by atoms with Gasteiger partial charge in [-0.1, -0.05) is 23.8 Å². The van der Waals surface area contributed by atoms with Crippen LogP contribution in [0.2, 0.25) is 0 Å². The standard InChI is InChI=1S/C16H13FN2S/c1-10-4-3-5-12(8-10)15-16(20-11(2)19-15)13-6-7-18-14(17)9-13/h3-9H,1-2H3. The van der Waals surface area contributed by atoms with Gasteiger partial charge in [0.1, 0.15) is 0 Å². The molecule has 0 amide bonds. The Kier molecular flexibility index (Phi) is 3.32. The van der Waals surface area contributed by atoms with Gasteiger partial charge in [-0.25, -0.2) is 9.97 Å². The molecule has 0 saturated carbocycles. The second-order valence-corrected chi connectivity index (χ2v) is 5.85. The Bertz CT molecular complexity index is 702. The molecule has 0 aliphatic rings. The Morgan fingerprint density at radius 3 is 2.65 bits per heavy atom. The highest BCUT2D eigenvalue weighted by molar-refractivity contribution is 7.15. The maximum atomic E-state index is 13.3. The van der Waals surface area contributed by atoms with Gasteiger partial charge < -0.3 is 0 Å². The SMILES string of the molecule is Cc1cccc(-c2nc(C)sc2-c2ccnc(F)c2)c1. The lowest BCUT2D eigenvalue weighted by molar-refractivity contribution is 0.584. The first-order valence-corrected chi connectivity index (χ1v) is 7.11. The summed E-state index contributed by atoms with van der Waals surface area (Å²) in [5, 5.41) is 0.966. The number of aryl methyl sites for hydroxylation is 2. The van der Waals surface area contributed by atoms with Gasteiger partial charge >= 0.3 is 0 Å². The number of halogens is 1. The summed E-state index contributed by atoms with van der Waals surface area (Å²) in [6.07, 6.45) is 1.49. The number of hydrogen-bond donors (Lipinski definition) is 0. The van der Waals surface area contributed by atoms with Crippen LogP contribution < -0.4 is 0 Å². The second kappa shape index (κ2) is 5.13. The van der Waals surface area contributed by atoms with Crippen LogP contribution in [-0.4, -0.2) is 9.97 Å². The molecule has 0 bridgehead atoms. The number of nitrogens with zero attached hydrogens (tertiary/aromatic N) is 2. The zero-order valence-electron chi connectivity index (χ0n) is 11.2. The number of benzene rings is 1. The van der Waals surface area contributed by atoms with E-state index in [0.717, 1.165) is 26.7 Å². The number of aromatic nitrogens is 2. The van der Waals surface area contributed by atoms with Crippen molar-refractivity contribution in [1.29, 1.82) is 0 Å². The average molecular weight is 284 g/mol. The molecule has 0 unspecified atom stereocenters. The van der Waals surface area contributed by atoms with E-state index in [1.165, 1.54) is 17.8 Å². The highest BCUT2D eigenvalue weighted by atomic mass is 32.1. The van der Waals surface area contributed by atoms with E-state index in [1.54, 1.807) is 11.3 Å². The van der Waals surface area contributed by atoms with E-state index < -0.39 is 5.95 Å². The van der Waals surface area contributed by atoms with Gasteiger partial charge in [0.2, 0.25) is 5.95 Å². The highest BCUT2D eigenvalue weighted by Crippen LogP contribution is 2.36. The molecule has 2 nitrogen and oxygen atoms in total. The molecule has 2 heterocycles. The van der Waals surface area contributed by atoms with Crippen LogP contribution in [0.15, 0.2) is 42.6 Å². The normalized spacial score (nSPS) is 10.8. The molecule has 2 aromatic heterocycles. The first kappa shape index (κ1) is 12.9. The summed E-state index contributed by atoms with van der Waals surface area (Å²) in [6, 6.07) is 11.4. The van der Waals surface area contributed by atoms with Crippen LogP contribution in [-0.2, 0) is 0 Å². The van der Waals surface area contributed by atoms with Crippen molar-refractivity contribution in [3.63, 3.8) is 0 Å². The van der Waals surface area contributed by atoms with Gasteiger partial charge in [0, 0.05) is 17.8 Å². The van der Waals surface area contributed by atoms with Crippen molar-refractivity contribution < 1.29 is 4.39 Å². The molecule has 0 spiro atoms. The van der Waals surface area contributed by atoms with E-state index in [2.05, 4.69) is 29.0 Å². The van der Waals surface area contributed by atoms with Gasteiger partial charge in [-0.05, 0) is 31.5 Å². The molecule has 0 radical (unpaired) electrons. The molecule has 4 heteroatoms. The molecule has 0 aliphatic carbocycles. The Hall–Kier alpha value is -2.07. The minimum absolute atomic E-state index is 0.469. The smallest absolute Gasteiger partial charge is 0.213 e. The molecule has 0 saturated heterocycles. The third-order valence-electron chi connectivity index (χ3n) is 3.01. The summed E-state index contributed by atoms with van der Waals surface area (Å²) in [5.74, 6) is -0.469. The van der Waals surface area contributed by atoms with Crippen molar-refractivity contribution in [2.24, 2.45) is 0 Å². The second-order valence-electron chi connectivity index (χ2n) is 4.65. The number of hydrogen-bond acceptors (Lipinski definition) is 3. The van der Waals surface area contributed by atoms with Crippen molar-refractivity contribution in [1.82, 2.24) is 9.97 Å². The maximum absolute atomic E-state index is 13.3. The van der Waals surface area contributed by atoms with E-state index in [1.807, 2.05) is 25.1 Å². The van der Waals surface area contributed by atoms with Crippen molar-refractivity contribution >= 4 is 11.3 Å². The van der Waals surface area contributed by atoms with Crippen LogP contribution >= 0.6 is 11.3 Å². The molecule has 0 N–H and O–H groups in total. The average Bonchev–Trinajstić information content (AvgIpc) is 2.81. The van der Waals surface area contributed by atoms with Gasteiger partial charge in [0.05, 0.1) is 15.6 Å². The summed E-state index contributed by atoms with van der Waals surface area (Å²) in [5.41, 5.74) is 3.96. The topological polar surface area (TPSA) is 25.8 Å². The van der Waals surface area contributed by atoms with Crippen LogP contribution in [0.3, 0.4) is 0 Å². The van der Waals surface area contributed by atoms with E-state index >= 15 is 0 Å². The minimum atomic E-state index is -0.469. The summed E-state index contributed by atoms with van der Waals surface area (Å²) in [6.45, 7) is 4.01. The summed E-state index contributed by atoms with van der Waals surface area (Å²) >= 11 is 1.57. The van der Waals surface area contributed by atoms with E-state index in [4.69, 9.17) is 0 Å². The Balaban J connectivity index is 2.18. The van der Waals surface area contributed by atoms with Crippen LogP contribution in [0, 0.1) is 19.8 Å². The zero-order valence-corrected chi connectivity index (χ0v) is 12.0. The Labute approximate surface area is 121 Å². The molecular weight excluding hydrogens is 271 g/mol.